The Hall–Kier alpha value is -1.88. The molecule has 98 valence electrons. The van der Waals surface area contributed by atoms with Gasteiger partial charge in [-0.05, 0) is 46.6 Å². The van der Waals surface area contributed by atoms with E-state index < -0.39 is 0 Å². The van der Waals surface area contributed by atoms with E-state index in [1.165, 1.54) is 7.11 Å². The molecule has 0 radical (unpaired) electrons. The summed E-state index contributed by atoms with van der Waals surface area (Å²) in [6.07, 6.45) is 1.70. The van der Waals surface area contributed by atoms with Crippen LogP contribution in [0, 0.1) is 6.92 Å². The number of pyridine rings is 1. The Morgan fingerprint density at radius 3 is 2.79 bits per heavy atom. The number of ether oxygens (including phenoxy) is 1. The van der Waals surface area contributed by atoms with E-state index in [2.05, 4.69) is 26.2 Å². The fraction of sp³-hybridized carbons (Fsp3) is 0.143. The maximum absolute atomic E-state index is 11.7. The number of methoxy groups -OCH3 is 1. The van der Waals surface area contributed by atoms with Gasteiger partial charge in [-0.1, -0.05) is 12.1 Å². The first-order valence-electron chi connectivity index (χ1n) is 5.68. The molecule has 2 aromatic rings. The second kappa shape index (κ2) is 5.84. The number of para-hydroxylation sites is 1. The number of anilines is 2. The van der Waals surface area contributed by atoms with E-state index in [9.17, 15) is 4.79 Å². The lowest BCUT2D eigenvalue weighted by Gasteiger charge is -2.11. The van der Waals surface area contributed by atoms with Crippen LogP contribution in [0.2, 0.25) is 0 Å². The van der Waals surface area contributed by atoms with Crippen LogP contribution in [-0.4, -0.2) is 18.1 Å². The van der Waals surface area contributed by atoms with Gasteiger partial charge >= 0.3 is 5.97 Å². The Balaban J connectivity index is 2.35. The van der Waals surface area contributed by atoms with Crippen LogP contribution in [0.3, 0.4) is 0 Å². The molecule has 0 aliphatic rings. The molecule has 0 saturated heterocycles. The summed E-state index contributed by atoms with van der Waals surface area (Å²) in [7, 11) is 1.36. The maximum Gasteiger partial charge on any atom is 0.339 e. The molecule has 2 rings (SSSR count). The normalized spacial score (nSPS) is 10.1. The molecular weight excluding hydrogens is 308 g/mol. The SMILES string of the molecule is COC(=O)c1ccccc1Nc1ncc(Br)cc1C. The van der Waals surface area contributed by atoms with Gasteiger partial charge in [0.1, 0.15) is 5.82 Å². The van der Waals surface area contributed by atoms with Crippen molar-refractivity contribution in [3.05, 3.63) is 52.1 Å². The highest BCUT2D eigenvalue weighted by Gasteiger charge is 2.12. The molecule has 1 aromatic heterocycles. The molecule has 0 aliphatic heterocycles. The van der Waals surface area contributed by atoms with E-state index in [1.807, 2.05) is 25.1 Å². The number of benzene rings is 1. The summed E-state index contributed by atoms with van der Waals surface area (Å²) in [5.41, 5.74) is 2.13. The van der Waals surface area contributed by atoms with E-state index in [-0.39, 0.29) is 5.97 Å². The number of esters is 1. The molecule has 0 saturated carbocycles. The summed E-state index contributed by atoms with van der Waals surface area (Å²) in [6, 6.07) is 9.12. The van der Waals surface area contributed by atoms with Crippen molar-refractivity contribution in [3.8, 4) is 0 Å². The number of hydrogen-bond acceptors (Lipinski definition) is 4. The highest BCUT2D eigenvalue weighted by atomic mass is 79.9. The predicted octanol–water partition coefficient (Wildman–Crippen LogP) is 3.68. The lowest BCUT2D eigenvalue weighted by Crippen LogP contribution is -2.06. The topological polar surface area (TPSA) is 51.2 Å². The molecule has 0 aliphatic carbocycles. The summed E-state index contributed by atoms with van der Waals surface area (Å²) in [4.78, 5) is 16.0. The number of halogens is 1. The summed E-state index contributed by atoms with van der Waals surface area (Å²) >= 11 is 3.37. The van der Waals surface area contributed by atoms with Crippen LogP contribution >= 0.6 is 15.9 Å². The van der Waals surface area contributed by atoms with Crippen LogP contribution in [0.15, 0.2) is 41.0 Å². The molecule has 0 atom stereocenters. The molecule has 0 spiro atoms. The quantitative estimate of drug-likeness (QED) is 0.876. The number of nitrogens with one attached hydrogen (secondary N) is 1. The summed E-state index contributed by atoms with van der Waals surface area (Å²) in [6.45, 7) is 1.95. The van der Waals surface area contributed by atoms with E-state index in [0.717, 1.165) is 10.0 Å². The van der Waals surface area contributed by atoms with Crippen molar-refractivity contribution < 1.29 is 9.53 Å². The van der Waals surface area contributed by atoms with Crippen LogP contribution < -0.4 is 5.32 Å². The highest BCUT2D eigenvalue weighted by molar-refractivity contribution is 9.10. The number of hydrogen-bond donors (Lipinski definition) is 1. The third-order valence-corrected chi connectivity index (χ3v) is 3.06. The fourth-order valence-corrected chi connectivity index (χ4v) is 2.12. The van der Waals surface area contributed by atoms with E-state index >= 15 is 0 Å². The molecule has 1 aromatic carbocycles. The zero-order valence-corrected chi connectivity index (χ0v) is 12.2. The Morgan fingerprint density at radius 2 is 2.11 bits per heavy atom. The Kier molecular flexibility index (Phi) is 4.16. The average molecular weight is 321 g/mol. The number of nitrogens with zero attached hydrogens (tertiary/aromatic N) is 1. The first kappa shape index (κ1) is 13.5. The third kappa shape index (κ3) is 3.12. The molecule has 0 amide bonds. The molecular formula is C14H13BrN2O2. The van der Waals surface area contributed by atoms with E-state index in [4.69, 9.17) is 4.74 Å². The van der Waals surface area contributed by atoms with Crippen molar-refractivity contribution >= 4 is 33.4 Å². The lowest BCUT2D eigenvalue weighted by molar-refractivity contribution is 0.0602. The molecule has 1 N–H and O–H groups in total. The number of carbonyl (C=O) groups excluding carboxylic acids is 1. The van der Waals surface area contributed by atoms with Gasteiger partial charge < -0.3 is 10.1 Å². The summed E-state index contributed by atoms with van der Waals surface area (Å²) < 4.78 is 5.67. The van der Waals surface area contributed by atoms with Crippen molar-refractivity contribution in [1.29, 1.82) is 0 Å². The Morgan fingerprint density at radius 1 is 1.37 bits per heavy atom. The van der Waals surface area contributed by atoms with Crippen LogP contribution in [0.25, 0.3) is 0 Å². The van der Waals surface area contributed by atoms with Gasteiger partial charge in [-0.3, -0.25) is 0 Å². The number of aryl methyl sites for hydroxylation is 1. The monoisotopic (exact) mass is 320 g/mol. The third-order valence-electron chi connectivity index (χ3n) is 2.63. The van der Waals surface area contributed by atoms with Gasteiger partial charge in [-0.2, -0.15) is 0 Å². The van der Waals surface area contributed by atoms with Crippen molar-refractivity contribution in [1.82, 2.24) is 4.98 Å². The second-order valence-corrected chi connectivity index (χ2v) is 4.90. The standard InChI is InChI=1S/C14H13BrN2O2/c1-9-7-10(15)8-16-13(9)17-12-6-4-3-5-11(12)14(18)19-2/h3-8H,1-2H3,(H,16,17). The van der Waals surface area contributed by atoms with Crippen molar-refractivity contribution in [2.24, 2.45) is 0 Å². The lowest BCUT2D eigenvalue weighted by atomic mass is 10.1. The zero-order valence-electron chi connectivity index (χ0n) is 10.6. The van der Waals surface area contributed by atoms with Gasteiger partial charge in [0.05, 0.1) is 18.4 Å². The molecule has 0 fully saturated rings. The second-order valence-electron chi connectivity index (χ2n) is 3.98. The Labute approximate surface area is 119 Å². The highest BCUT2D eigenvalue weighted by Crippen LogP contribution is 2.24. The minimum Gasteiger partial charge on any atom is -0.465 e. The molecule has 4 nitrogen and oxygen atoms in total. The van der Waals surface area contributed by atoms with Gasteiger partial charge in [-0.25, -0.2) is 9.78 Å². The zero-order chi connectivity index (χ0) is 13.8. The fourth-order valence-electron chi connectivity index (χ4n) is 1.68. The largest absolute Gasteiger partial charge is 0.465 e. The minimum absolute atomic E-state index is 0.377. The maximum atomic E-state index is 11.7. The van der Waals surface area contributed by atoms with Crippen molar-refractivity contribution in [3.63, 3.8) is 0 Å². The molecule has 0 unspecified atom stereocenters. The Bertz CT molecular complexity index is 614. The first-order valence-corrected chi connectivity index (χ1v) is 6.47. The summed E-state index contributed by atoms with van der Waals surface area (Å²) in [5.74, 6) is 0.331. The molecule has 0 bridgehead atoms. The van der Waals surface area contributed by atoms with Gasteiger partial charge in [0, 0.05) is 10.7 Å². The number of carbonyl (C=O) groups is 1. The average Bonchev–Trinajstić information content (AvgIpc) is 2.41. The van der Waals surface area contributed by atoms with Crippen molar-refractivity contribution in [2.45, 2.75) is 6.92 Å². The van der Waals surface area contributed by atoms with E-state index in [0.29, 0.717) is 17.1 Å². The molecule has 19 heavy (non-hydrogen) atoms. The number of aromatic nitrogens is 1. The summed E-state index contributed by atoms with van der Waals surface area (Å²) in [5, 5.41) is 3.15. The van der Waals surface area contributed by atoms with Crippen LogP contribution in [0.5, 0.6) is 0 Å². The van der Waals surface area contributed by atoms with E-state index in [1.54, 1.807) is 18.3 Å². The molecule has 5 heteroatoms. The number of rotatable bonds is 3. The van der Waals surface area contributed by atoms with Gasteiger partial charge in [0.15, 0.2) is 0 Å². The smallest absolute Gasteiger partial charge is 0.339 e. The first-order chi connectivity index (χ1) is 9.11. The van der Waals surface area contributed by atoms with Crippen LogP contribution in [0.1, 0.15) is 15.9 Å². The van der Waals surface area contributed by atoms with Gasteiger partial charge in [0.25, 0.3) is 0 Å². The van der Waals surface area contributed by atoms with Crippen LogP contribution in [0.4, 0.5) is 11.5 Å². The van der Waals surface area contributed by atoms with Gasteiger partial charge in [0.2, 0.25) is 0 Å². The predicted molar refractivity (Wildman–Crippen MR) is 77.7 cm³/mol. The van der Waals surface area contributed by atoms with Gasteiger partial charge in [-0.15, -0.1) is 0 Å². The van der Waals surface area contributed by atoms with Crippen LogP contribution in [-0.2, 0) is 4.74 Å². The minimum atomic E-state index is -0.377. The van der Waals surface area contributed by atoms with Crippen molar-refractivity contribution in [2.75, 3.05) is 12.4 Å². The molecule has 1 heterocycles.